The number of halogens is 1. The third-order valence-electron chi connectivity index (χ3n) is 2.54. The van der Waals surface area contributed by atoms with Gasteiger partial charge in [-0.25, -0.2) is 9.18 Å². The number of benzene rings is 2. The first-order chi connectivity index (χ1) is 9.70. The highest BCUT2D eigenvalue weighted by Gasteiger charge is 2.14. The van der Waals surface area contributed by atoms with Crippen molar-refractivity contribution < 1.29 is 18.7 Å². The molecule has 0 saturated heterocycles. The van der Waals surface area contributed by atoms with Gasteiger partial charge in [-0.15, -0.1) is 0 Å². The Balaban J connectivity index is 2.16. The van der Waals surface area contributed by atoms with Gasteiger partial charge in [0.25, 0.3) is 0 Å². The second-order valence-electron chi connectivity index (χ2n) is 3.97. The Bertz CT molecular complexity index is 608. The lowest BCUT2D eigenvalue weighted by molar-refractivity contribution is -0.129. The van der Waals surface area contributed by atoms with Crippen LogP contribution in [0.2, 0.25) is 0 Å². The minimum atomic E-state index is -0.736. The highest BCUT2D eigenvalue weighted by atomic mass is 19.1. The Labute approximate surface area is 116 Å². The van der Waals surface area contributed by atoms with Gasteiger partial charge < -0.3 is 9.47 Å². The summed E-state index contributed by atoms with van der Waals surface area (Å²) >= 11 is 0. The van der Waals surface area contributed by atoms with Gasteiger partial charge in [0.2, 0.25) is 5.75 Å². The van der Waals surface area contributed by atoms with Crippen LogP contribution in [-0.4, -0.2) is 5.97 Å². The molecule has 102 valence electrons. The van der Waals surface area contributed by atoms with Gasteiger partial charge in [0, 0.05) is 6.08 Å². The predicted molar refractivity (Wildman–Crippen MR) is 73.0 cm³/mol. The van der Waals surface area contributed by atoms with Crippen molar-refractivity contribution in [3.63, 3.8) is 0 Å². The van der Waals surface area contributed by atoms with Crippen LogP contribution in [0.4, 0.5) is 4.39 Å². The molecule has 20 heavy (non-hydrogen) atoms. The molecule has 0 radical (unpaired) electrons. The fraction of sp³-hybridized carbons (Fsp3) is 0.0625. The number of para-hydroxylation sites is 1. The molecule has 3 nitrogen and oxygen atoms in total. The van der Waals surface area contributed by atoms with Crippen LogP contribution in [0.5, 0.6) is 11.5 Å². The highest BCUT2D eigenvalue weighted by Crippen LogP contribution is 2.30. The summed E-state index contributed by atoms with van der Waals surface area (Å²) in [6, 6.07) is 13.6. The molecule has 0 aliphatic heterocycles. The quantitative estimate of drug-likeness (QED) is 0.475. The van der Waals surface area contributed by atoms with Crippen LogP contribution >= 0.6 is 0 Å². The molecule has 0 fully saturated rings. The number of hydrogen-bond acceptors (Lipinski definition) is 3. The maximum atomic E-state index is 13.7. The minimum Gasteiger partial charge on any atom is -0.485 e. The molecule has 2 aromatic rings. The van der Waals surface area contributed by atoms with E-state index in [0.717, 1.165) is 11.6 Å². The molecular weight excluding hydrogens is 259 g/mol. The van der Waals surface area contributed by atoms with Crippen LogP contribution in [0.25, 0.3) is 0 Å². The maximum absolute atomic E-state index is 13.7. The number of hydrogen-bond donors (Lipinski definition) is 0. The van der Waals surface area contributed by atoms with Crippen LogP contribution in [-0.2, 0) is 11.4 Å². The average molecular weight is 272 g/mol. The zero-order valence-electron chi connectivity index (χ0n) is 10.7. The van der Waals surface area contributed by atoms with Gasteiger partial charge in [-0.1, -0.05) is 43.0 Å². The standard InChI is InChI=1S/C16H13FO3/c1-2-15(18)20-16-13(17)9-6-10-14(16)19-11-12-7-4-3-5-8-12/h2-10H,1,11H2. The van der Waals surface area contributed by atoms with E-state index in [0.29, 0.717) is 0 Å². The van der Waals surface area contributed by atoms with Crippen molar-refractivity contribution in [2.45, 2.75) is 6.61 Å². The molecule has 0 aliphatic rings. The number of esters is 1. The van der Waals surface area contributed by atoms with Crippen molar-refractivity contribution in [2.75, 3.05) is 0 Å². The van der Waals surface area contributed by atoms with Crippen LogP contribution in [0.3, 0.4) is 0 Å². The van der Waals surface area contributed by atoms with E-state index in [9.17, 15) is 9.18 Å². The zero-order valence-corrected chi connectivity index (χ0v) is 10.7. The summed E-state index contributed by atoms with van der Waals surface area (Å²) in [5.41, 5.74) is 0.928. The first-order valence-electron chi connectivity index (χ1n) is 6.00. The largest absolute Gasteiger partial charge is 0.485 e. The second kappa shape index (κ2) is 6.52. The molecule has 0 amide bonds. The predicted octanol–water partition coefficient (Wildman–Crippen LogP) is 3.50. The molecule has 0 aromatic heterocycles. The summed E-state index contributed by atoms with van der Waals surface area (Å²) in [6.45, 7) is 3.52. The number of rotatable bonds is 5. The number of carbonyl (C=O) groups is 1. The third kappa shape index (κ3) is 3.45. The van der Waals surface area contributed by atoms with Crippen LogP contribution < -0.4 is 9.47 Å². The van der Waals surface area contributed by atoms with Gasteiger partial charge >= 0.3 is 5.97 Å². The molecule has 0 spiro atoms. The first-order valence-corrected chi connectivity index (χ1v) is 6.00. The highest BCUT2D eigenvalue weighted by molar-refractivity contribution is 5.83. The summed E-state index contributed by atoms with van der Waals surface area (Å²) < 4.78 is 24.0. The molecule has 4 heteroatoms. The summed E-state index contributed by atoms with van der Waals surface area (Å²) in [5, 5.41) is 0. The molecular formula is C16H13FO3. The number of carbonyl (C=O) groups excluding carboxylic acids is 1. The molecule has 0 heterocycles. The SMILES string of the molecule is C=CC(=O)Oc1c(F)cccc1OCc1ccccc1. The van der Waals surface area contributed by atoms with E-state index in [1.54, 1.807) is 0 Å². The Hall–Kier alpha value is -2.62. The Kier molecular flexibility index (Phi) is 4.50. The molecule has 0 atom stereocenters. The van der Waals surface area contributed by atoms with Gasteiger partial charge in [0.05, 0.1) is 0 Å². The fourth-order valence-corrected chi connectivity index (χ4v) is 1.58. The fourth-order valence-electron chi connectivity index (χ4n) is 1.58. The van der Waals surface area contributed by atoms with Crippen molar-refractivity contribution in [3.05, 3.63) is 72.6 Å². The van der Waals surface area contributed by atoms with E-state index in [4.69, 9.17) is 9.47 Å². The Morgan fingerprint density at radius 3 is 2.60 bits per heavy atom. The van der Waals surface area contributed by atoms with E-state index in [1.807, 2.05) is 30.3 Å². The molecule has 0 aliphatic carbocycles. The lowest BCUT2D eigenvalue weighted by Gasteiger charge is -2.11. The molecule has 0 bridgehead atoms. The topological polar surface area (TPSA) is 35.5 Å². The van der Waals surface area contributed by atoms with Crippen molar-refractivity contribution in [3.8, 4) is 11.5 Å². The summed E-state index contributed by atoms with van der Waals surface area (Å²) in [6.07, 6.45) is 0.966. The van der Waals surface area contributed by atoms with E-state index < -0.39 is 11.8 Å². The Morgan fingerprint density at radius 1 is 1.15 bits per heavy atom. The summed E-state index contributed by atoms with van der Waals surface area (Å²) in [5.74, 6) is -1.46. The summed E-state index contributed by atoms with van der Waals surface area (Å²) in [7, 11) is 0. The molecule has 0 unspecified atom stereocenters. The molecule has 0 N–H and O–H groups in total. The smallest absolute Gasteiger partial charge is 0.335 e. The molecule has 2 rings (SSSR count). The minimum absolute atomic E-state index is 0.170. The van der Waals surface area contributed by atoms with Crippen molar-refractivity contribution in [1.82, 2.24) is 0 Å². The van der Waals surface area contributed by atoms with Crippen LogP contribution in [0.15, 0.2) is 61.2 Å². The zero-order chi connectivity index (χ0) is 14.4. The van der Waals surface area contributed by atoms with Crippen LogP contribution in [0, 0.1) is 5.82 Å². The van der Waals surface area contributed by atoms with E-state index in [1.165, 1.54) is 18.2 Å². The lowest BCUT2D eigenvalue weighted by atomic mass is 10.2. The van der Waals surface area contributed by atoms with Gasteiger partial charge in [-0.2, -0.15) is 0 Å². The third-order valence-corrected chi connectivity index (χ3v) is 2.54. The van der Waals surface area contributed by atoms with E-state index in [-0.39, 0.29) is 18.1 Å². The monoisotopic (exact) mass is 272 g/mol. The van der Waals surface area contributed by atoms with Gasteiger partial charge in [0.1, 0.15) is 6.61 Å². The van der Waals surface area contributed by atoms with Crippen molar-refractivity contribution >= 4 is 5.97 Å². The number of ether oxygens (including phenoxy) is 2. The molecule has 2 aromatic carbocycles. The normalized spacial score (nSPS) is 9.85. The second-order valence-corrected chi connectivity index (χ2v) is 3.97. The summed E-state index contributed by atoms with van der Waals surface area (Å²) in [4.78, 5) is 11.2. The van der Waals surface area contributed by atoms with Crippen LogP contribution in [0.1, 0.15) is 5.56 Å². The lowest BCUT2D eigenvalue weighted by Crippen LogP contribution is -2.07. The average Bonchev–Trinajstić information content (AvgIpc) is 2.48. The van der Waals surface area contributed by atoms with E-state index >= 15 is 0 Å². The van der Waals surface area contributed by atoms with Gasteiger partial charge in [-0.3, -0.25) is 0 Å². The molecule has 0 saturated carbocycles. The van der Waals surface area contributed by atoms with Gasteiger partial charge in [0.15, 0.2) is 11.6 Å². The first kappa shape index (κ1) is 13.8. The maximum Gasteiger partial charge on any atom is 0.335 e. The van der Waals surface area contributed by atoms with E-state index in [2.05, 4.69) is 6.58 Å². The van der Waals surface area contributed by atoms with Gasteiger partial charge in [-0.05, 0) is 17.7 Å². The van der Waals surface area contributed by atoms with Crippen molar-refractivity contribution in [2.24, 2.45) is 0 Å². The van der Waals surface area contributed by atoms with Crippen molar-refractivity contribution in [1.29, 1.82) is 0 Å². The Morgan fingerprint density at radius 2 is 1.90 bits per heavy atom.